The first-order valence-corrected chi connectivity index (χ1v) is 10.2. The highest BCUT2D eigenvalue weighted by Crippen LogP contribution is 2.12. The van der Waals surface area contributed by atoms with E-state index in [4.69, 9.17) is 4.99 Å². The quantitative estimate of drug-likeness (QED) is 0.575. The second-order valence-corrected chi connectivity index (χ2v) is 7.67. The standard InChI is InChI=1S/C20H33N7/c1-4-21-20(23-17-9-13-26(14-10-17)15-16(2)3)22-11-8-19-25-24-18-7-5-6-12-27(18)19/h5-7,12,16-17H,4,8-11,13-15H2,1-3H3,(H2,21,22,23). The molecule has 148 valence electrons. The Morgan fingerprint density at radius 3 is 2.81 bits per heavy atom. The number of nitrogens with one attached hydrogen (secondary N) is 2. The smallest absolute Gasteiger partial charge is 0.191 e. The molecule has 3 heterocycles. The number of aromatic nitrogens is 3. The molecule has 1 aliphatic rings. The molecule has 7 nitrogen and oxygen atoms in total. The van der Waals surface area contributed by atoms with Crippen LogP contribution in [0.25, 0.3) is 5.65 Å². The maximum Gasteiger partial charge on any atom is 0.191 e. The van der Waals surface area contributed by atoms with Gasteiger partial charge in [-0.1, -0.05) is 19.9 Å². The largest absolute Gasteiger partial charge is 0.357 e. The third-order valence-electron chi connectivity index (χ3n) is 4.89. The van der Waals surface area contributed by atoms with Crippen molar-refractivity contribution in [2.75, 3.05) is 32.7 Å². The predicted molar refractivity (Wildman–Crippen MR) is 110 cm³/mol. The Labute approximate surface area is 162 Å². The minimum absolute atomic E-state index is 0.500. The maximum atomic E-state index is 4.76. The molecule has 0 spiro atoms. The van der Waals surface area contributed by atoms with Crippen LogP contribution in [0.15, 0.2) is 29.4 Å². The Bertz CT molecular complexity index is 729. The van der Waals surface area contributed by atoms with Gasteiger partial charge in [-0.25, -0.2) is 0 Å². The average molecular weight is 372 g/mol. The highest BCUT2D eigenvalue weighted by molar-refractivity contribution is 5.80. The summed E-state index contributed by atoms with van der Waals surface area (Å²) >= 11 is 0. The van der Waals surface area contributed by atoms with Crippen LogP contribution in [0.5, 0.6) is 0 Å². The molecule has 2 aromatic heterocycles. The van der Waals surface area contributed by atoms with Crippen LogP contribution < -0.4 is 10.6 Å². The van der Waals surface area contributed by atoms with Crippen LogP contribution in [0.2, 0.25) is 0 Å². The Hall–Kier alpha value is -2.15. The van der Waals surface area contributed by atoms with Gasteiger partial charge >= 0.3 is 0 Å². The second kappa shape index (κ2) is 9.69. The summed E-state index contributed by atoms with van der Waals surface area (Å²) in [7, 11) is 0. The second-order valence-electron chi connectivity index (χ2n) is 7.67. The van der Waals surface area contributed by atoms with Gasteiger partial charge in [0, 0.05) is 51.4 Å². The zero-order valence-electron chi connectivity index (χ0n) is 16.9. The topological polar surface area (TPSA) is 69.8 Å². The van der Waals surface area contributed by atoms with Crippen molar-refractivity contribution in [2.24, 2.45) is 10.9 Å². The van der Waals surface area contributed by atoms with Crippen molar-refractivity contribution in [1.82, 2.24) is 30.1 Å². The first kappa shape index (κ1) is 19.6. The van der Waals surface area contributed by atoms with Gasteiger partial charge in [-0.2, -0.15) is 0 Å². The number of aliphatic imine (C=N–C) groups is 1. The highest BCUT2D eigenvalue weighted by atomic mass is 15.2. The van der Waals surface area contributed by atoms with Gasteiger partial charge in [0.05, 0.1) is 0 Å². The number of guanidine groups is 1. The molecule has 7 heteroatoms. The van der Waals surface area contributed by atoms with Crippen molar-refractivity contribution in [3.8, 4) is 0 Å². The third kappa shape index (κ3) is 5.66. The van der Waals surface area contributed by atoms with Crippen LogP contribution in [0.1, 0.15) is 39.4 Å². The fourth-order valence-electron chi connectivity index (χ4n) is 3.62. The Balaban J connectivity index is 1.51. The van der Waals surface area contributed by atoms with Crippen molar-refractivity contribution in [3.05, 3.63) is 30.2 Å². The summed E-state index contributed by atoms with van der Waals surface area (Å²) in [6.45, 7) is 11.8. The molecule has 0 atom stereocenters. The molecule has 2 aromatic rings. The first-order valence-electron chi connectivity index (χ1n) is 10.2. The number of hydrogen-bond donors (Lipinski definition) is 2. The number of piperidine rings is 1. The minimum Gasteiger partial charge on any atom is -0.357 e. The van der Waals surface area contributed by atoms with Crippen molar-refractivity contribution in [2.45, 2.75) is 46.1 Å². The lowest BCUT2D eigenvalue weighted by atomic mass is 10.0. The van der Waals surface area contributed by atoms with E-state index in [1.165, 1.54) is 32.5 Å². The van der Waals surface area contributed by atoms with Crippen LogP contribution in [-0.2, 0) is 6.42 Å². The van der Waals surface area contributed by atoms with Gasteiger partial charge < -0.3 is 15.5 Å². The number of rotatable bonds is 7. The van der Waals surface area contributed by atoms with Crippen LogP contribution in [0.4, 0.5) is 0 Å². The molecule has 27 heavy (non-hydrogen) atoms. The summed E-state index contributed by atoms with van der Waals surface area (Å²) in [5, 5.41) is 15.5. The molecular weight excluding hydrogens is 338 g/mol. The molecule has 0 radical (unpaired) electrons. The number of nitrogens with zero attached hydrogens (tertiary/aromatic N) is 5. The van der Waals surface area contributed by atoms with Crippen molar-refractivity contribution in [1.29, 1.82) is 0 Å². The predicted octanol–water partition coefficient (Wildman–Crippen LogP) is 1.95. The number of hydrogen-bond acceptors (Lipinski definition) is 4. The molecule has 1 saturated heterocycles. The van der Waals surface area contributed by atoms with Gasteiger partial charge in [0.2, 0.25) is 0 Å². The zero-order chi connectivity index (χ0) is 19.1. The van der Waals surface area contributed by atoms with E-state index in [1.807, 2.05) is 28.8 Å². The summed E-state index contributed by atoms with van der Waals surface area (Å²) in [6.07, 6.45) is 5.12. The molecule has 3 rings (SSSR count). The normalized spacial score (nSPS) is 17.0. The van der Waals surface area contributed by atoms with Gasteiger partial charge in [-0.05, 0) is 37.8 Å². The number of likely N-dealkylation sites (tertiary alicyclic amines) is 1. The van der Waals surface area contributed by atoms with Crippen molar-refractivity contribution < 1.29 is 0 Å². The van der Waals surface area contributed by atoms with E-state index >= 15 is 0 Å². The van der Waals surface area contributed by atoms with E-state index in [1.54, 1.807) is 0 Å². The summed E-state index contributed by atoms with van der Waals surface area (Å²) in [4.78, 5) is 7.33. The summed E-state index contributed by atoms with van der Waals surface area (Å²) in [6, 6.07) is 6.45. The monoisotopic (exact) mass is 371 g/mol. The lowest BCUT2D eigenvalue weighted by Crippen LogP contribution is -2.49. The summed E-state index contributed by atoms with van der Waals surface area (Å²) < 4.78 is 2.03. The Morgan fingerprint density at radius 2 is 2.07 bits per heavy atom. The number of pyridine rings is 1. The van der Waals surface area contributed by atoms with Crippen LogP contribution in [-0.4, -0.2) is 64.2 Å². The highest BCUT2D eigenvalue weighted by Gasteiger charge is 2.20. The average Bonchev–Trinajstić information content (AvgIpc) is 3.06. The van der Waals surface area contributed by atoms with Gasteiger partial charge in [0.25, 0.3) is 0 Å². The Kier molecular flexibility index (Phi) is 7.04. The Morgan fingerprint density at radius 1 is 1.26 bits per heavy atom. The van der Waals surface area contributed by atoms with E-state index in [2.05, 4.69) is 46.5 Å². The molecular formula is C20H33N7. The van der Waals surface area contributed by atoms with Gasteiger partial charge in [0.15, 0.2) is 11.6 Å². The van der Waals surface area contributed by atoms with E-state index in [0.29, 0.717) is 12.6 Å². The summed E-state index contributed by atoms with van der Waals surface area (Å²) in [5.74, 6) is 2.60. The van der Waals surface area contributed by atoms with Crippen LogP contribution >= 0.6 is 0 Å². The van der Waals surface area contributed by atoms with Crippen LogP contribution in [0, 0.1) is 5.92 Å². The molecule has 0 aliphatic carbocycles. The SMILES string of the molecule is CCNC(=NCCc1nnc2ccccn12)NC1CCN(CC(C)C)CC1. The third-order valence-corrected chi connectivity index (χ3v) is 4.89. The first-order chi connectivity index (χ1) is 13.2. The summed E-state index contributed by atoms with van der Waals surface area (Å²) in [5.41, 5.74) is 0.884. The molecule has 0 saturated carbocycles. The molecule has 1 fully saturated rings. The zero-order valence-corrected chi connectivity index (χ0v) is 16.9. The molecule has 0 aromatic carbocycles. The lowest BCUT2D eigenvalue weighted by molar-refractivity contribution is 0.187. The fourth-order valence-corrected chi connectivity index (χ4v) is 3.62. The van der Waals surface area contributed by atoms with E-state index in [-0.39, 0.29) is 0 Å². The van der Waals surface area contributed by atoms with Gasteiger partial charge in [-0.15, -0.1) is 10.2 Å². The molecule has 2 N–H and O–H groups in total. The molecule has 0 amide bonds. The lowest BCUT2D eigenvalue weighted by Gasteiger charge is -2.34. The van der Waals surface area contributed by atoms with Crippen molar-refractivity contribution >= 4 is 11.6 Å². The maximum absolute atomic E-state index is 4.76. The molecule has 0 bridgehead atoms. The van der Waals surface area contributed by atoms with Gasteiger partial charge in [-0.3, -0.25) is 9.39 Å². The van der Waals surface area contributed by atoms with E-state index < -0.39 is 0 Å². The van der Waals surface area contributed by atoms with Crippen LogP contribution in [0.3, 0.4) is 0 Å². The van der Waals surface area contributed by atoms with E-state index in [9.17, 15) is 0 Å². The van der Waals surface area contributed by atoms with E-state index in [0.717, 1.165) is 36.3 Å². The fraction of sp³-hybridized carbons (Fsp3) is 0.650. The minimum atomic E-state index is 0.500. The molecule has 0 unspecified atom stereocenters. The van der Waals surface area contributed by atoms with Crippen molar-refractivity contribution in [3.63, 3.8) is 0 Å². The molecule has 1 aliphatic heterocycles. The van der Waals surface area contributed by atoms with Gasteiger partial charge in [0.1, 0.15) is 5.82 Å². The number of fused-ring (bicyclic) bond motifs is 1.